The fraction of sp³-hybridized carbons (Fsp3) is 0.333. The number of halogens is 2. The third-order valence-corrected chi connectivity index (χ3v) is 2.51. The average Bonchev–Trinajstić information content (AvgIpc) is 2.78. The van der Waals surface area contributed by atoms with Crippen LogP contribution in [0.15, 0.2) is 24.3 Å². The highest BCUT2D eigenvalue weighted by molar-refractivity contribution is 14.1. The first kappa shape index (κ1) is 10.1. The molecule has 0 bridgehead atoms. The maximum atomic E-state index is 3.44. The molecule has 0 saturated heterocycles. The molecule has 1 aliphatic rings. The Bertz CT molecular complexity index is 243. The molecule has 3 heteroatoms. The van der Waals surface area contributed by atoms with Gasteiger partial charge in [-0.05, 0) is 59.7 Å². The van der Waals surface area contributed by atoms with Gasteiger partial charge in [-0.1, -0.05) is 0 Å². The zero-order valence-corrected chi connectivity index (χ0v) is 9.56. The van der Waals surface area contributed by atoms with E-state index in [-0.39, 0.29) is 12.4 Å². The molecule has 0 heterocycles. The zero-order chi connectivity index (χ0) is 7.68. The minimum absolute atomic E-state index is 0. The van der Waals surface area contributed by atoms with Crippen molar-refractivity contribution in [1.29, 1.82) is 0 Å². The van der Waals surface area contributed by atoms with Crippen LogP contribution >= 0.6 is 35.0 Å². The number of hydrogen-bond acceptors (Lipinski definition) is 1. The molecule has 0 aliphatic heterocycles. The lowest BCUT2D eigenvalue weighted by Crippen LogP contribution is -1.99. The first-order valence-electron chi connectivity index (χ1n) is 3.87. The number of hydrogen-bond donors (Lipinski definition) is 1. The van der Waals surface area contributed by atoms with Gasteiger partial charge in [0.1, 0.15) is 0 Å². The van der Waals surface area contributed by atoms with Crippen LogP contribution in [0.3, 0.4) is 0 Å². The minimum Gasteiger partial charge on any atom is -0.382 e. The second-order valence-corrected chi connectivity index (χ2v) is 4.17. The summed E-state index contributed by atoms with van der Waals surface area (Å²) in [6.45, 7) is 0. The van der Waals surface area contributed by atoms with Crippen molar-refractivity contribution in [2.45, 2.75) is 18.9 Å². The van der Waals surface area contributed by atoms with Crippen molar-refractivity contribution in [3.63, 3.8) is 0 Å². The van der Waals surface area contributed by atoms with Crippen LogP contribution in [-0.2, 0) is 0 Å². The molecule has 0 spiro atoms. The van der Waals surface area contributed by atoms with Crippen LogP contribution < -0.4 is 5.32 Å². The lowest BCUT2D eigenvalue weighted by molar-refractivity contribution is 1.16. The van der Waals surface area contributed by atoms with Crippen molar-refractivity contribution in [2.24, 2.45) is 0 Å². The van der Waals surface area contributed by atoms with E-state index >= 15 is 0 Å². The number of nitrogens with one attached hydrogen (secondary N) is 1. The van der Waals surface area contributed by atoms with Gasteiger partial charge in [-0.2, -0.15) is 0 Å². The van der Waals surface area contributed by atoms with E-state index in [9.17, 15) is 0 Å². The summed E-state index contributed by atoms with van der Waals surface area (Å²) in [5.41, 5.74) is 1.26. The van der Waals surface area contributed by atoms with E-state index in [1.165, 1.54) is 22.1 Å². The Kier molecular flexibility index (Phi) is 3.65. The van der Waals surface area contributed by atoms with Gasteiger partial charge in [-0.3, -0.25) is 0 Å². The summed E-state index contributed by atoms with van der Waals surface area (Å²) in [7, 11) is 0. The Morgan fingerprint density at radius 3 is 2.25 bits per heavy atom. The van der Waals surface area contributed by atoms with Crippen molar-refractivity contribution >= 4 is 40.7 Å². The highest BCUT2D eigenvalue weighted by Gasteiger charge is 2.20. The summed E-state index contributed by atoms with van der Waals surface area (Å²) >= 11 is 2.32. The number of benzene rings is 1. The van der Waals surface area contributed by atoms with Gasteiger partial charge in [0.05, 0.1) is 0 Å². The van der Waals surface area contributed by atoms with E-state index in [4.69, 9.17) is 0 Å². The fourth-order valence-electron chi connectivity index (χ4n) is 1.01. The highest BCUT2D eigenvalue weighted by atomic mass is 127. The summed E-state index contributed by atoms with van der Waals surface area (Å²) in [4.78, 5) is 0. The molecule has 66 valence electrons. The molecule has 1 fully saturated rings. The Labute approximate surface area is 92.5 Å². The predicted molar refractivity (Wildman–Crippen MR) is 63.1 cm³/mol. The van der Waals surface area contributed by atoms with Gasteiger partial charge >= 0.3 is 0 Å². The molecule has 1 N–H and O–H groups in total. The normalized spacial score (nSPS) is 15.1. The highest BCUT2D eigenvalue weighted by Crippen LogP contribution is 2.24. The first-order valence-corrected chi connectivity index (χ1v) is 4.94. The smallest absolute Gasteiger partial charge is 0.0343 e. The Balaban J connectivity index is 0.000000720. The summed E-state index contributed by atoms with van der Waals surface area (Å²) in [6, 6.07) is 9.30. The van der Waals surface area contributed by atoms with E-state index in [1.54, 1.807) is 0 Å². The molecular weight excluding hydrogens is 284 g/mol. The summed E-state index contributed by atoms with van der Waals surface area (Å²) < 4.78 is 1.30. The average molecular weight is 296 g/mol. The molecule has 1 aromatic carbocycles. The van der Waals surface area contributed by atoms with Gasteiger partial charge in [0.15, 0.2) is 0 Å². The predicted octanol–water partition coefficient (Wildman–Crippen LogP) is 3.29. The SMILES string of the molecule is Cl.Ic1ccc(NC2CC2)cc1. The summed E-state index contributed by atoms with van der Waals surface area (Å²) in [6.07, 6.45) is 2.68. The molecular formula is C9H11ClIN. The van der Waals surface area contributed by atoms with Gasteiger partial charge in [0.25, 0.3) is 0 Å². The van der Waals surface area contributed by atoms with E-state index in [1.807, 2.05) is 0 Å². The second-order valence-electron chi connectivity index (χ2n) is 2.93. The lowest BCUT2D eigenvalue weighted by atomic mass is 10.3. The van der Waals surface area contributed by atoms with Crippen molar-refractivity contribution < 1.29 is 0 Å². The van der Waals surface area contributed by atoms with Crippen molar-refractivity contribution in [3.05, 3.63) is 27.8 Å². The zero-order valence-electron chi connectivity index (χ0n) is 6.59. The van der Waals surface area contributed by atoms with Crippen LogP contribution in [0.4, 0.5) is 5.69 Å². The van der Waals surface area contributed by atoms with Crippen LogP contribution in [-0.4, -0.2) is 6.04 Å². The monoisotopic (exact) mass is 295 g/mol. The number of anilines is 1. The van der Waals surface area contributed by atoms with Crippen molar-refractivity contribution in [2.75, 3.05) is 5.32 Å². The van der Waals surface area contributed by atoms with Gasteiger partial charge in [-0.25, -0.2) is 0 Å². The molecule has 1 aliphatic carbocycles. The van der Waals surface area contributed by atoms with Gasteiger partial charge in [0, 0.05) is 15.3 Å². The summed E-state index contributed by atoms with van der Waals surface area (Å²) in [5.74, 6) is 0. The van der Waals surface area contributed by atoms with Crippen molar-refractivity contribution in [3.8, 4) is 0 Å². The van der Waals surface area contributed by atoms with E-state index in [0.717, 1.165) is 6.04 Å². The fourth-order valence-corrected chi connectivity index (χ4v) is 1.37. The minimum atomic E-state index is 0. The van der Waals surface area contributed by atoms with Crippen LogP contribution in [0.5, 0.6) is 0 Å². The molecule has 12 heavy (non-hydrogen) atoms. The lowest BCUT2D eigenvalue weighted by Gasteiger charge is -2.02. The quantitative estimate of drug-likeness (QED) is 0.826. The van der Waals surface area contributed by atoms with Crippen LogP contribution in [0.1, 0.15) is 12.8 Å². The topological polar surface area (TPSA) is 12.0 Å². The Hall–Kier alpha value is 0.0400. The van der Waals surface area contributed by atoms with Gasteiger partial charge in [-0.15, -0.1) is 12.4 Å². The van der Waals surface area contributed by atoms with E-state index < -0.39 is 0 Å². The third kappa shape index (κ3) is 2.83. The molecule has 0 amide bonds. The van der Waals surface area contributed by atoms with Crippen LogP contribution in [0.25, 0.3) is 0 Å². The Morgan fingerprint density at radius 1 is 1.17 bits per heavy atom. The molecule has 0 atom stereocenters. The van der Waals surface area contributed by atoms with Gasteiger partial charge in [0.2, 0.25) is 0 Å². The standard InChI is InChI=1S/C9H10IN.ClH/c10-7-1-3-8(4-2-7)11-9-5-6-9;/h1-4,9,11H,5-6H2;1H. The molecule has 0 radical (unpaired) electrons. The molecule has 0 aromatic heterocycles. The molecule has 1 nitrogen and oxygen atoms in total. The van der Waals surface area contributed by atoms with E-state index in [0.29, 0.717) is 0 Å². The maximum Gasteiger partial charge on any atom is 0.0343 e. The maximum absolute atomic E-state index is 3.44. The van der Waals surface area contributed by atoms with Crippen molar-refractivity contribution in [1.82, 2.24) is 0 Å². The first-order chi connectivity index (χ1) is 5.34. The molecule has 0 unspecified atom stereocenters. The van der Waals surface area contributed by atoms with E-state index in [2.05, 4.69) is 52.2 Å². The van der Waals surface area contributed by atoms with Crippen LogP contribution in [0.2, 0.25) is 0 Å². The largest absolute Gasteiger partial charge is 0.382 e. The third-order valence-electron chi connectivity index (χ3n) is 1.79. The van der Waals surface area contributed by atoms with Gasteiger partial charge < -0.3 is 5.32 Å². The number of rotatable bonds is 2. The molecule has 1 aromatic rings. The molecule has 2 rings (SSSR count). The van der Waals surface area contributed by atoms with Crippen LogP contribution in [0, 0.1) is 3.57 Å². The summed E-state index contributed by atoms with van der Waals surface area (Å²) in [5, 5.41) is 3.44. The molecule has 1 saturated carbocycles. The Morgan fingerprint density at radius 2 is 1.75 bits per heavy atom. The second kappa shape index (κ2) is 4.33.